The summed E-state index contributed by atoms with van der Waals surface area (Å²) in [4.78, 5) is 22.2. The lowest BCUT2D eigenvalue weighted by atomic mass is 10.2. The number of halogens is 4. The minimum atomic E-state index is -0.899. The van der Waals surface area contributed by atoms with Crippen molar-refractivity contribution in [2.45, 2.75) is 26.4 Å². The van der Waals surface area contributed by atoms with Crippen molar-refractivity contribution in [2.75, 3.05) is 0 Å². The summed E-state index contributed by atoms with van der Waals surface area (Å²) < 4.78 is 8.86. The highest BCUT2D eigenvalue weighted by Crippen LogP contribution is 2.20. The zero-order valence-corrected chi connectivity index (χ0v) is 21.6. The van der Waals surface area contributed by atoms with E-state index in [1.807, 2.05) is 32.9 Å². The highest BCUT2D eigenvalue weighted by Gasteiger charge is 2.18. The van der Waals surface area contributed by atoms with E-state index in [9.17, 15) is 9.59 Å². The standard InChI is InChI=1S/C11H12BrIO2.C7H4BrIO2/c1-11(2,3)15-10(14)7-4-8(12)6-9(13)5-7;8-5-1-4(7(10)11)2-6(9)3-5/h4-6H,1-3H3;1-3H,(H,10,11). The number of ether oxygens (including phenoxy) is 1. The molecular weight excluding hydrogens is 694 g/mol. The van der Waals surface area contributed by atoms with Gasteiger partial charge in [-0.15, -0.1) is 0 Å². The second-order valence-corrected chi connectivity index (χ2v) is 10.4. The molecule has 2 aromatic rings. The fourth-order valence-electron chi connectivity index (χ4n) is 1.69. The molecule has 0 aromatic heterocycles. The Labute approximate surface area is 196 Å². The third-order valence-corrected chi connectivity index (χ3v) is 4.77. The van der Waals surface area contributed by atoms with E-state index < -0.39 is 11.6 Å². The number of carboxylic acid groups (broad SMARTS) is 1. The van der Waals surface area contributed by atoms with Crippen LogP contribution in [0.4, 0.5) is 0 Å². The largest absolute Gasteiger partial charge is 0.478 e. The monoisotopic (exact) mass is 708 g/mol. The van der Waals surface area contributed by atoms with Gasteiger partial charge in [0.15, 0.2) is 0 Å². The van der Waals surface area contributed by atoms with Crippen molar-refractivity contribution in [3.05, 3.63) is 63.6 Å². The van der Waals surface area contributed by atoms with Crippen LogP contribution >= 0.6 is 77.0 Å². The Balaban J connectivity index is 0.000000273. The average Bonchev–Trinajstić information content (AvgIpc) is 2.44. The molecule has 0 heterocycles. The smallest absolute Gasteiger partial charge is 0.338 e. The van der Waals surface area contributed by atoms with E-state index in [1.165, 1.54) is 0 Å². The van der Waals surface area contributed by atoms with Crippen LogP contribution in [-0.2, 0) is 4.74 Å². The van der Waals surface area contributed by atoms with E-state index >= 15 is 0 Å². The van der Waals surface area contributed by atoms with Crippen LogP contribution < -0.4 is 0 Å². The summed E-state index contributed by atoms with van der Waals surface area (Å²) >= 11 is 10.8. The molecule has 4 nitrogen and oxygen atoms in total. The van der Waals surface area contributed by atoms with Gasteiger partial charge in [-0.2, -0.15) is 0 Å². The predicted octanol–water partition coefficient (Wildman–Crippen LogP) is 6.76. The summed E-state index contributed by atoms with van der Waals surface area (Å²) in [6, 6.07) is 10.6. The van der Waals surface area contributed by atoms with Crippen LogP contribution in [0.3, 0.4) is 0 Å². The summed E-state index contributed by atoms with van der Waals surface area (Å²) in [7, 11) is 0. The molecule has 0 spiro atoms. The first kappa shape index (κ1) is 23.8. The minimum absolute atomic E-state index is 0.290. The van der Waals surface area contributed by atoms with Crippen LogP contribution in [0.15, 0.2) is 45.3 Å². The summed E-state index contributed by atoms with van der Waals surface area (Å²) in [5.74, 6) is -1.19. The molecule has 0 unspecified atom stereocenters. The molecule has 0 atom stereocenters. The Bertz CT molecular complexity index is 777. The van der Waals surface area contributed by atoms with Gasteiger partial charge in [0.1, 0.15) is 5.60 Å². The maximum atomic E-state index is 11.7. The van der Waals surface area contributed by atoms with Crippen LogP contribution in [0.2, 0.25) is 0 Å². The van der Waals surface area contributed by atoms with Crippen molar-refractivity contribution in [3.8, 4) is 0 Å². The molecule has 140 valence electrons. The highest BCUT2D eigenvalue weighted by atomic mass is 127. The molecule has 8 heteroatoms. The van der Waals surface area contributed by atoms with Crippen LogP contribution in [0.25, 0.3) is 0 Å². The second-order valence-electron chi connectivity index (χ2n) is 6.12. The molecule has 0 bridgehead atoms. The number of carboxylic acids is 1. The van der Waals surface area contributed by atoms with E-state index in [1.54, 1.807) is 24.3 Å². The SMILES string of the molecule is CC(C)(C)OC(=O)c1cc(Br)cc(I)c1.O=C(O)c1cc(Br)cc(I)c1. The van der Waals surface area contributed by atoms with Crippen molar-refractivity contribution >= 4 is 89.0 Å². The number of hydrogen-bond acceptors (Lipinski definition) is 3. The second kappa shape index (κ2) is 10.4. The van der Waals surface area contributed by atoms with Crippen LogP contribution in [-0.4, -0.2) is 22.6 Å². The molecule has 2 rings (SSSR count). The number of hydrogen-bond donors (Lipinski definition) is 1. The summed E-state index contributed by atoms with van der Waals surface area (Å²) in [5.41, 5.74) is 0.428. The molecule has 0 fully saturated rings. The topological polar surface area (TPSA) is 63.6 Å². The van der Waals surface area contributed by atoms with Crippen molar-refractivity contribution in [2.24, 2.45) is 0 Å². The first-order chi connectivity index (χ1) is 11.9. The molecule has 0 saturated carbocycles. The third kappa shape index (κ3) is 9.14. The van der Waals surface area contributed by atoms with E-state index in [0.29, 0.717) is 11.1 Å². The lowest BCUT2D eigenvalue weighted by Crippen LogP contribution is -2.23. The van der Waals surface area contributed by atoms with Gasteiger partial charge in [0.2, 0.25) is 0 Å². The fourth-order valence-corrected chi connectivity index (χ4v) is 4.87. The molecular formula is C18H16Br2I2O4. The van der Waals surface area contributed by atoms with E-state index in [0.717, 1.165) is 16.1 Å². The molecule has 0 aliphatic heterocycles. The number of carbonyl (C=O) groups excluding carboxylic acids is 1. The lowest BCUT2D eigenvalue weighted by molar-refractivity contribution is 0.00691. The summed E-state index contributed by atoms with van der Waals surface area (Å²) in [6.45, 7) is 5.57. The molecule has 1 N–H and O–H groups in total. The van der Waals surface area contributed by atoms with Gasteiger partial charge in [-0.1, -0.05) is 31.9 Å². The Morgan fingerprint density at radius 2 is 1.31 bits per heavy atom. The Kier molecular flexibility index (Phi) is 9.51. The first-order valence-corrected chi connectivity index (χ1v) is 11.0. The molecule has 0 aliphatic rings. The molecule has 2 aromatic carbocycles. The Morgan fingerprint density at radius 1 is 0.885 bits per heavy atom. The Hall–Kier alpha value is -0.200. The van der Waals surface area contributed by atoms with Crippen LogP contribution in [0.5, 0.6) is 0 Å². The Morgan fingerprint density at radius 3 is 1.69 bits per heavy atom. The van der Waals surface area contributed by atoms with Gasteiger partial charge in [0.05, 0.1) is 11.1 Å². The third-order valence-electron chi connectivity index (χ3n) is 2.61. The van der Waals surface area contributed by atoms with Gasteiger partial charge in [-0.3, -0.25) is 0 Å². The minimum Gasteiger partial charge on any atom is -0.478 e. The number of carbonyl (C=O) groups is 2. The fraction of sp³-hybridized carbons (Fsp3) is 0.222. The number of benzene rings is 2. The van der Waals surface area contributed by atoms with Crippen molar-refractivity contribution < 1.29 is 19.4 Å². The van der Waals surface area contributed by atoms with Gasteiger partial charge in [-0.25, -0.2) is 9.59 Å². The molecule has 0 aliphatic carbocycles. The molecule has 0 amide bonds. The van der Waals surface area contributed by atoms with Gasteiger partial charge in [0, 0.05) is 16.1 Å². The van der Waals surface area contributed by atoms with Gasteiger partial charge in [0.25, 0.3) is 0 Å². The lowest BCUT2D eigenvalue weighted by Gasteiger charge is -2.19. The maximum Gasteiger partial charge on any atom is 0.338 e. The van der Waals surface area contributed by atoms with Crippen molar-refractivity contribution in [1.29, 1.82) is 0 Å². The summed E-state index contributed by atoms with van der Waals surface area (Å²) in [6.07, 6.45) is 0. The summed E-state index contributed by atoms with van der Waals surface area (Å²) in [5, 5.41) is 8.61. The number of rotatable bonds is 2. The van der Waals surface area contributed by atoms with E-state index in [2.05, 4.69) is 77.0 Å². The average molecular weight is 710 g/mol. The first-order valence-electron chi connectivity index (χ1n) is 7.26. The van der Waals surface area contributed by atoms with Crippen LogP contribution in [0.1, 0.15) is 41.5 Å². The number of esters is 1. The quantitative estimate of drug-likeness (QED) is 0.277. The molecule has 0 saturated heterocycles. The van der Waals surface area contributed by atoms with Crippen molar-refractivity contribution in [3.63, 3.8) is 0 Å². The predicted molar refractivity (Wildman–Crippen MR) is 126 cm³/mol. The van der Waals surface area contributed by atoms with Crippen LogP contribution in [0, 0.1) is 7.14 Å². The van der Waals surface area contributed by atoms with E-state index in [4.69, 9.17) is 9.84 Å². The molecule has 26 heavy (non-hydrogen) atoms. The maximum absolute atomic E-state index is 11.7. The highest BCUT2D eigenvalue weighted by molar-refractivity contribution is 14.1. The number of aromatic carboxylic acids is 1. The normalized spacial score (nSPS) is 10.6. The van der Waals surface area contributed by atoms with E-state index in [-0.39, 0.29) is 5.97 Å². The zero-order chi connectivity index (χ0) is 20.1. The van der Waals surface area contributed by atoms with Crippen molar-refractivity contribution in [1.82, 2.24) is 0 Å². The van der Waals surface area contributed by atoms with Gasteiger partial charge >= 0.3 is 11.9 Å². The van der Waals surface area contributed by atoms with Gasteiger partial charge in [-0.05, 0) is 102 Å². The molecule has 0 radical (unpaired) electrons. The van der Waals surface area contributed by atoms with Gasteiger partial charge < -0.3 is 9.84 Å². The zero-order valence-electron chi connectivity index (χ0n) is 14.1.